The van der Waals surface area contributed by atoms with E-state index in [0.29, 0.717) is 5.01 Å². The van der Waals surface area contributed by atoms with Crippen LogP contribution in [-0.2, 0) is 0 Å². The van der Waals surface area contributed by atoms with Crippen molar-refractivity contribution in [1.82, 2.24) is 4.98 Å². The molecule has 1 heterocycles. The second kappa shape index (κ2) is 4.32. The molecule has 4 nitrogen and oxygen atoms in total. The number of nitrogens with zero attached hydrogens (tertiary/aromatic N) is 1. The molecule has 0 aliphatic heterocycles. The zero-order valence-electron chi connectivity index (χ0n) is 8.64. The van der Waals surface area contributed by atoms with E-state index in [2.05, 4.69) is 4.98 Å². The van der Waals surface area contributed by atoms with Crippen molar-refractivity contribution in [2.75, 3.05) is 7.11 Å². The van der Waals surface area contributed by atoms with Gasteiger partial charge >= 0.3 is 0 Å². The zero-order chi connectivity index (χ0) is 11.5. The minimum absolute atomic E-state index is 0.317. The van der Waals surface area contributed by atoms with Gasteiger partial charge in [0.25, 0.3) is 5.91 Å². The summed E-state index contributed by atoms with van der Waals surface area (Å²) in [6, 6.07) is 7.49. The normalized spacial score (nSPS) is 10.1. The van der Waals surface area contributed by atoms with Crippen LogP contribution in [0.25, 0.3) is 11.3 Å². The highest BCUT2D eigenvalue weighted by Crippen LogP contribution is 2.24. The maximum atomic E-state index is 10.9. The number of primary amides is 1. The number of aromatic nitrogens is 1. The topological polar surface area (TPSA) is 65.2 Å². The number of thiazole rings is 1. The van der Waals surface area contributed by atoms with Crippen LogP contribution in [0.1, 0.15) is 9.80 Å². The van der Waals surface area contributed by atoms with Gasteiger partial charge in [-0.1, -0.05) is 12.1 Å². The van der Waals surface area contributed by atoms with Crippen LogP contribution in [0, 0.1) is 0 Å². The van der Waals surface area contributed by atoms with E-state index >= 15 is 0 Å². The van der Waals surface area contributed by atoms with Crippen molar-refractivity contribution < 1.29 is 9.53 Å². The van der Waals surface area contributed by atoms with Gasteiger partial charge in [0, 0.05) is 10.9 Å². The molecule has 5 heteroatoms. The van der Waals surface area contributed by atoms with Gasteiger partial charge in [0.1, 0.15) is 5.75 Å². The van der Waals surface area contributed by atoms with Gasteiger partial charge in [-0.15, -0.1) is 11.3 Å². The van der Waals surface area contributed by atoms with Crippen molar-refractivity contribution in [1.29, 1.82) is 0 Å². The van der Waals surface area contributed by atoms with Crippen LogP contribution < -0.4 is 10.5 Å². The lowest BCUT2D eigenvalue weighted by Gasteiger charge is -2.01. The van der Waals surface area contributed by atoms with Gasteiger partial charge in [-0.3, -0.25) is 4.79 Å². The molecule has 0 atom stereocenters. The van der Waals surface area contributed by atoms with Crippen molar-refractivity contribution in [3.63, 3.8) is 0 Å². The highest BCUT2D eigenvalue weighted by atomic mass is 32.1. The molecule has 0 fully saturated rings. The molecule has 2 aromatic rings. The second-order valence-electron chi connectivity index (χ2n) is 3.13. The third-order valence-electron chi connectivity index (χ3n) is 2.08. The fraction of sp³-hybridized carbons (Fsp3) is 0.0909. The van der Waals surface area contributed by atoms with Crippen LogP contribution in [0.5, 0.6) is 5.75 Å². The van der Waals surface area contributed by atoms with Crippen LogP contribution in [0.2, 0.25) is 0 Å². The number of benzene rings is 1. The third kappa shape index (κ3) is 2.04. The fourth-order valence-electron chi connectivity index (χ4n) is 1.30. The highest BCUT2D eigenvalue weighted by Gasteiger charge is 2.08. The lowest BCUT2D eigenvalue weighted by atomic mass is 10.2. The van der Waals surface area contributed by atoms with Gasteiger partial charge in [0.2, 0.25) is 0 Å². The Hall–Kier alpha value is -1.88. The summed E-state index contributed by atoms with van der Waals surface area (Å²) in [5.74, 6) is 0.255. The van der Waals surface area contributed by atoms with Crippen LogP contribution in [0.3, 0.4) is 0 Å². The quantitative estimate of drug-likeness (QED) is 0.882. The molecule has 1 aromatic carbocycles. The molecule has 1 aromatic heterocycles. The van der Waals surface area contributed by atoms with E-state index in [0.717, 1.165) is 17.0 Å². The average Bonchev–Trinajstić information content (AvgIpc) is 2.78. The van der Waals surface area contributed by atoms with E-state index < -0.39 is 5.91 Å². The molecule has 2 rings (SSSR count). The smallest absolute Gasteiger partial charge is 0.277 e. The summed E-state index contributed by atoms with van der Waals surface area (Å²) < 4.78 is 5.11. The van der Waals surface area contributed by atoms with Crippen molar-refractivity contribution in [3.8, 4) is 17.0 Å². The minimum atomic E-state index is -0.501. The van der Waals surface area contributed by atoms with Crippen LogP contribution >= 0.6 is 11.3 Å². The number of methoxy groups -OCH3 is 1. The Kier molecular flexibility index (Phi) is 2.87. The van der Waals surface area contributed by atoms with Crippen molar-refractivity contribution in [3.05, 3.63) is 34.7 Å². The van der Waals surface area contributed by atoms with Crippen molar-refractivity contribution >= 4 is 17.2 Å². The Morgan fingerprint density at radius 2 is 2.31 bits per heavy atom. The molecule has 0 spiro atoms. The summed E-state index contributed by atoms with van der Waals surface area (Å²) in [6.07, 6.45) is 0. The van der Waals surface area contributed by atoms with Gasteiger partial charge in [0.05, 0.1) is 12.8 Å². The molecule has 82 valence electrons. The number of ether oxygens (including phenoxy) is 1. The number of hydrogen-bond acceptors (Lipinski definition) is 4. The van der Waals surface area contributed by atoms with Gasteiger partial charge in [-0.05, 0) is 12.1 Å². The Morgan fingerprint density at radius 1 is 1.50 bits per heavy atom. The molecule has 0 aliphatic carbocycles. The molecular weight excluding hydrogens is 224 g/mol. The van der Waals surface area contributed by atoms with E-state index in [4.69, 9.17) is 10.5 Å². The second-order valence-corrected chi connectivity index (χ2v) is 3.99. The molecule has 0 saturated carbocycles. The Bertz CT molecular complexity index is 522. The maximum absolute atomic E-state index is 10.9. The van der Waals surface area contributed by atoms with E-state index in [1.165, 1.54) is 11.3 Å². The van der Waals surface area contributed by atoms with Gasteiger partial charge in [0.15, 0.2) is 5.01 Å². The predicted molar refractivity (Wildman–Crippen MR) is 62.6 cm³/mol. The summed E-state index contributed by atoms with van der Waals surface area (Å²) >= 11 is 1.24. The largest absolute Gasteiger partial charge is 0.497 e. The molecule has 2 N–H and O–H groups in total. The first-order valence-corrected chi connectivity index (χ1v) is 5.48. The monoisotopic (exact) mass is 234 g/mol. The number of rotatable bonds is 3. The molecule has 1 amide bonds. The first-order chi connectivity index (χ1) is 7.70. The van der Waals surface area contributed by atoms with Crippen molar-refractivity contribution in [2.24, 2.45) is 5.73 Å². The standard InChI is InChI=1S/C11H10N2O2S/c1-15-8-4-2-3-7(5-8)9-6-16-11(13-9)10(12)14/h2-6H,1H3,(H2,12,14). The molecule has 0 saturated heterocycles. The number of hydrogen-bond donors (Lipinski definition) is 1. The number of amides is 1. The number of carbonyl (C=O) groups excluding carboxylic acids is 1. The number of carbonyl (C=O) groups is 1. The van der Waals surface area contributed by atoms with Crippen LogP contribution in [-0.4, -0.2) is 18.0 Å². The summed E-state index contributed by atoms with van der Waals surface area (Å²) in [6.45, 7) is 0. The molecule has 16 heavy (non-hydrogen) atoms. The SMILES string of the molecule is COc1cccc(-c2csc(C(N)=O)n2)c1. The van der Waals surface area contributed by atoms with E-state index in [1.807, 2.05) is 24.3 Å². The van der Waals surface area contributed by atoms with E-state index in [-0.39, 0.29) is 0 Å². The third-order valence-corrected chi connectivity index (χ3v) is 2.94. The van der Waals surface area contributed by atoms with Gasteiger partial charge < -0.3 is 10.5 Å². The Labute approximate surface area is 96.7 Å². The molecule has 0 bridgehead atoms. The Balaban J connectivity index is 2.38. The summed E-state index contributed by atoms with van der Waals surface area (Å²) in [7, 11) is 1.61. The average molecular weight is 234 g/mol. The molecule has 0 unspecified atom stereocenters. The van der Waals surface area contributed by atoms with E-state index in [9.17, 15) is 4.79 Å². The summed E-state index contributed by atoms with van der Waals surface area (Å²) in [5, 5.41) is 2.12. The molecule has 0 aliphatic rings. The first kappa shape index (κ1) is 10.6. The fourth-order valence-corrected chi connectivity index (χ4v) is 1.98. The maximum Gasteiger partial charge on any atom is 0.277 e. The van der Waals surface area contributed by atoms with E-state index in [1.54, 1.807) is 12.5 Å². The van der Waals surface area contributed by atoms with Gasteiger partial charge in [-0.2, -0.15) is 0 Å². The highest BCUT2D eigenvalue weighted by molar-refractivity contribution is 7.12. The molecule has 0 radical (unpaired) electrons. The summed E-state index contributed by atoms with van der Waals surface area (Å²) in [5.41, 5.74) is 6.79. The van der Waals surface area contributed by atoms with Crippen LogP contribution in [0.4, 0.5) is 0 Å². The Morgan fingerprint density at radius 3 is 2.94 bits per heavy atom. The zero-order valence-corrected chi connectivity index (χ0v) is 9.45. The van der Waals surface area contributed by atoms with Crippen LogP contribution in [0.15, 0.2) is 29.6 Å². The lowest BCUT2D eigenvalue weighted by molar-refractivity contribution is 0.1000. The van der Waals surface area contributed by atoms with Gasteiger partial charge in [-0.25, -0.2) is 4.98 Å². The lowest BCUT2D eigenvalue weighted by Crippen LogP contribution is -2.10. The molecular formula is C11H10N2O2S. The summed E-state index contributed by atoms with van der Waals surface area (Å²) in [4.78, 5) is 15.1. The first-order valence-electron chi connectivity index (χ1n) is 4.60. The minimum Gasteiger partial charge on any atom is -0.497 e. The van der Waals surface area contributed by atoms with Crippen molar-refractivity contribution in [2.45, 2.75) is 0 Å². The number of nitrogens with two attached hydrogens (primary N) is 1. The predicted octanol–water partition coefficient (Wildman–Crippen LogP) is 1.92.